The number of nitrogens with zero attached hydrogens (tertiary/aromatic N) is 1. The molecule has 1 saturated carbocycles. The van der Waals surface area contributed by atoms with Crippen LogP contribution in [0.3, 0.4) is 0 Å². The van der Waals surface area contributed by atoms with Crippen LogP contribution in [0.15, 0.2) is 0 Å². The average Bonchev–Trinajstić information content (AvgIpc) is 2.21. The van der Waals surface area contributed by atoms with Gasteiger partial charge in [-0.2, -0.15) is 0 Å². The first-order valence-electron chi connectivity index (χ1n) is 6.81. The molecule has 0 atom stereocenters. The predicted molar refractivity (Wildman–Crippen MR) is 66.3 cm³/mol. The lowest BCUT2D eigenvalue weighted by molar-refractivity contribution is -0.151. The summed E-state index contributed by atoms with van der Waals surface area (Å²) in [7, 11) is 0. The normalized spacial score (nSPS) is 28.7. The monoisotopic (exact) mass is 226 g/mol. The van der Waals surface area contributed by atoms with Crippen molar-refractivity contribution in [3.8, 4) is 0 Å². The minimum atomic E-state index is -0.468. The van der Waals surface area contributed by atoms with Gasteiger partial charge in [-0.1, -0.05) is 13.3 Å². The van der Waals surface area contributed by atoms with E-state index in [1.165, 1.54) is 19.4 Å². The van der Waals surface area contributed by atoms with Crippen LogP contribution in [0, 0.1) is 5.41 Å². The molecule has 0 unspecified atom stereocenters. The maximum Gasteiger partial charge on any atom is 0.0740 e. The second-order valence-corrected chi connectivity index (χ2v) is 5.71. The van der Waals surface area contributed by atoms with Crippen molar-refractivity contribution in [2.45, 2.75) is 51.0 Å². The van der Waals surface area contributed by atoms with E-state index in [0.29, 0.717) is 6.54 Å². The Morgan fingerprint density at radius 3 is 2.19 bits per heavy atom. The SMILES string of the molecule is CCCN1CCC(O)(C2(CN)CCC2)CC1. The number of likely N-dealkylation sites (tertiary alicyclic amines) is 1. The average molecular weight is 226 g/mol. The van der Waals surface area contributed by atoms with Crippen LogP contribution in [0.4, 0.5) is 0 Å². The molecule has 0 aromatic rings. The molecule has 0 radical (unpaired) electrons. The Morgan fingerprint density at radius 2 is 1.81 bits per heavy atom. The van der Waals surface area contributed by atoms with Crippen LogP contribution in [0.25, 0.3) is 0 Å². The van der Waals surface area contributed by atoms with Gasteiger partial charge in [0, 0.05) is 25.0 Å². The van der Waals surface area contributed by atoms with Crippen LogP contribution in [0.2, 0.25) is 0 Å². The van der Waals surface area contributed by atoms with Gasteiger partial charge in [-0.25, -0.2) is 0 Å². The zero-order chi connectivity index (χ0) is 11.6. The smallest absolute Gasteiger partial charge is 0.0740 e. The van der Waals surface area contributed by atoms with Gasteiger partial charge in [0.1, 0.15) is 0 Å². The Balaban J connectivity index is 1.95. The number of rotatable bonds is 4. The molecule has 1 aliphatic heterocycles. The van der Waals surface area contributed by atoms with Gasteiger partial charge >= 0.3 is 0 Å². The fourth-order valence-corrected chi connectivity index (χ4v) is 3.46. The summed E-state index contributed by atoms with van der Waals surface area (Å²) in [5.41, 5.74) is 5.50. The Labute approximate surface area is 99.0 Å². The van der Waals surface area contributed by atoms with E-state index in [2.05, 4.69) is 11.8 Å². The highest BCUT2D eigenvalue weighted by molar-refractivity contribution is 5.06. The van der Waals surface area contributed by atoms with Crippen LogP contribution >= 0.6 is 0 Å². The van der Waals surface area contributed by atoms with E-state index < -0.39 is 5.60 Å². The lowest BCUT2D eigenvalue weighted by Gasteiger charge is -2.55. The molecule has 1 saturated heterocycles. The van der Waals surface area contributed by atoms with Crippen LogP contribution in [0.5, 0.6) is 0 Å². The van der Waals surface area contributed by atoms with Crippen LogP contribution in [0.1, 0.15) is 45.4 Å². The molecule has 1 heterocycles. The van der Waals surface area contributed by atoms with Crippen molar-refractivity contribution in [2.24, 2.45) is 11.1 Å². The summed E-state index contributed by atoms with van der Waals surface area (Å²) in [6, 6.07) is 0. The summed E-state index contributed by atoms with van der Waals surface area (Å²) in [6.07, 6.45) is 6.56. The number of hydrogen-bond acceptors (Lipinski definition) is 3. The second kappa shape index (κ2) is 4.63. The zero-order valence-electron chi connectivity index (χ0n) is 10.5. The van der Waals surface area contributed by atoms with Crippen molar-refractivity contribution in [1.29, 1.82) is 0 Å². The fraction of sp³-hybridized carbons (Fsp3) is 1.00. The number of aliphatic hydroxyl groups is 1. The van der Waals surface area contributed by atoms with Crippen molar-refractivity contribution in [3.63, 3.8) is 0 Å². The summed E-state index contributed by atoms with van der Waals surface area (Å²) in [5, 5.41) is 10.8. The van der Waals surface area contributed by atoms with Gasteiger partial charge in [0.25, 0.3) is 0 Å². The van der Waals surface area contributed by atoms with E-state index in [1.807, 2.05) is 0 Å². The lowest BCUT2D eigenvalue weighted by Crippen LogP contribution is -2.60. The topological polar surface area (TPSA) is 49.5 Å². The molecule has 3 heteroatoms. The molecule has 0 bridgehead atoms. The highest BCUT2D eigenvalue weighted by atomic mass is 16.3. The molecule has 2 aliphatic rings. The molecule has 3 N–H and O–H groups in total. The van der Waals surface area contributed by atoms with Gasteiger partial charge < -0.3 is 15.7 Å². The zero-order valence-corrected chi connectivity index (χ0v) is 10.5. The quantitative estimate of drug-likeness (QED) is 0.761. The molecule has 3 nitrogen and oxygen atoms in total. The third-order valence-corrected chi connectivity index (χ3v) is 4.91. The van der Waals surface area contributed by atoms with E-state index in [9.17, 15) is 5.11 Å². The molecule has 0 spiro atoms. The Morgan fingerprint density at radius 1 is 1.19 bits per heavy atom. The van der Waals surface area contributed by atoms with Gasteiger partial charge in [0.05, 0.1) is 5.60 Å². The summed E-state index contributed by atoms with van der Waals surface area (Å²) in [5.74, 6) is 0. The standard InChI is InChI=1S/C13H26N2O/c1-2-8-15-9-6-13(16,7-10-15)12(11-14)4-3-5-12/h16H,2-11,14H2,1H3. The Hall–Kier alpha value is -0.120. The molecular formula is C13H26N2O. The molecule has 0 aromatic carbocycles. The third-order valence-electron chi connectivity index (χ3n) is 4.91. The highest BCUT2D eigenvalue weighted by Gasteiger charge is 2.53. The predicted octanol–water partition coefficient (Wildman–Crippen LogP) is 1.35. The summed E-state index contributed by atoms with van der Waals surface area (Å²) >= 11 is 0. The van der Waals surface area contributed by atoms with E-state index in [4.69, 9.17) is 5.73 Å². The van der Waals surface area contributed by atoms with Gasteiger partial charge in [0.15, 0.2) is 0 Å². The third kappa shape index (κ3) is 1.89. The van der Waals surface area contributed by atoms with Gasteiger partial charge in [-0.05, 0) is 38.6 Å². The van der Waals surface area contributed by atoms with Crippen molar-refractivity contribution in [1.82, 2.24) is 4.90 Å². The second-order valence-electron chi connectivity index (χ2n) is 5.71. The van der Waals surface area contributed by atoms with Crippen LogP contribution < -0.4 is 5.73 Å². The fourth-order valence-electron chi connectivity index (χ4n) is 3.46. The minimum Gasteiger partial charge on any atom is -0.389 e. The van der Waals surface area contributed by atoms with E-state index >= 15 is 0 Å². The molecule has 16 heavy (non-hydrogen) atoms. The van der Waals surface area contributed by atoms with Crippen molar-refractivity contribution >= 4 is 0 Å². The highest BCUT2D eigenvalue weighted by Crippen LogP contribution is 2.52. The molecular weight excluding hydrogens is 200 g/mol. The summed E-state index contributed by atoms with van der Waals surface area (Å²) < 4.78 is 0. The van der Waals surface area contributed by atoms with Gasteiger partial charge in [0.2, 0.25) is 0 Å². The Kier molecular flexibility index (Phi) is 3.57. The van der Waals surface area contributed by atoms with E-state index in [1.54, 1.807) is 0 Å². The largest absolute Gasteiger partial charge is 0.389 e. The molecule has 94 valence electrons. The minimum absolute atomic E-state index is 0.0608. The molecule has 1 aliphatic carbocycles. The first kappa shape index (κ1) is 12.3. The molecule has 2 fully saturated rings. The molecule has 0 amide bonds. The van der Waals surface area contributed by atoms with Crippen molar-refractivity contribution in [2.75, 3.05) is 26.2 Å². The van der Waals surface area contributed by atoms with E-state index in [0.717, 1.165) is 38.8 Å². The first-order chi connectivity index (χ1) is 7.66. The number of nitrogens with two attached hydrogens (primary N) is 1. The van der Waals surface area contributed by atoms with Gasteiger partial charge in [-0.15, -0.1) is 0 Å². The summed E-state index contributed by atoms with van der Waals surface area (Å²) in [4.78, 5) is 2.47. The lowest BCUT2D eigenvalue weighted by atomic mass is 9.56. The number of hydrogen-bond donors (Lipinski definition) is 2. The maximum absolute atomic E-state index is 10.8. The first-order valence-corrected chi connectivity index (χ1v) is 6.81. The van der Waals surface area contributed by atoms with Crippen molar-refractivity contribution < 1.29 is 5.11 Å². The Bertz CT molecular complexity index is 225. The van der Waals surface area contributed by atoms with Gasteiger partial charge in [-0.3, -0.25) is 0 Å². The van der Waals surface area contributed by atoms with E-state index in [-0.39, 0.29) is 5.41 Å². The number of piperidine rings is 1. The van der Waals surface area contributed by atoms with Crippen LogP contribution in [-0.2, 0) is 0 Å². The van der Waals surface area contributed by atoms with Crippen LogP contribution in [-0.4, -0.2) is 41.8 Å². The maximum atomic E-state index is 10.8. The summed E-state index contributed by atoms with van der Waals surface area (Å²) in [6.45, 7) is 6.15. The molecule has 0 aromatic heterocycles. The molecule has 2 rings (SSSR count). The van der Waals surface area contributed by atoms with Crippen molar-refractivity contribution in [3.05, 3.63) is 0 Å².